The highest BCUT2D eigenvalue weighted by Gasteiger charge is 2.13. The molecule has 0 radical (unpaired) electrons. The van der Waals surface area contributed by atoms with Crippen LogP contribution in [0.3, 0.4) is 0 Å². The first-order chi connectivity index (χ1) is 8.72. The molecule has 0 aliphatic carbocycles. The molecule has 0 unspecified atom stereocenters. The molecule has 0 saturated heterocycles. The molecule has 2 amide bonds. The van der Waals surface area contributed by atoms with Gasteiger partial charge in [-0.05, 0) is 23.8 Å². The number of hydrogen-bond donors (Lipinski definition) is 3. The highest BCUT2D eigenvalue weighted by atomic mass is 16.2. The van der Waals surface area contributed by atoms with Gasteiger partial charge in [-0.2, -0.15) is 15.6 Å². The van der Waals surface area contributed by atoms with E-state index in [4.69, 9.17) is 10.5 Å². The van der Waals surface area contributed by atoms with Gasteiger partial charge in [0.05, 0.1) is 5.69 Å². The highest BCUT2D eigenvalue weighted by molar-refractivity contribution is 6.10. The summed E-state index contributed by atoms with van der Waals surface area (Å²) in [6.45, 7) is 0.420. The maximum atomic E-state index is 11.1. The number of carbonyl (C=O) groups is 1. The molecular formula is C11H8N6O. The quantitative estimate of drug-likeness (QED) is 0.531. The minimum Gasteiger partial charge on any atom is -0.334 e. The zero-order valence-electron chi connectivity index (χ0n) is 9.19. The molecule has 7 heteroatoms. The molecule has 1 aliphatic rings. The van der Waals surface area contributed by atoms with Gasteiger partial charge in [0.2, 0.25) is 5.71 Å². The van der Waals surface area contributed by atoms with E-state index >= 15 is 0 Å². The molecule has 1 aromatic rings. The van der Waals surface area contributed by atoms with Crippen LogP contribution < -0.4 is 16.1 Å². The van der Waals surface area contributed by atoms with Crippen LogP contribution in [0.2, 0.25) is 0 Å². The van der Waals surface area contributed by atoms with Crippen LogP contribution in [0.25, 0.3) is 0 Å². The number of urea groups is 1. The summed E-state index contributed by atoms with van der Waals surface area (Å²) < 4.78 is 0. The van der Waals surface area contributed by atoms with Crippen molar-refractivity contribution in [3.05, 3.63) is 23.8 Å². The molecule has 18 heavy (non-hydrogen) atoms. The Bertz CT molecular complexity index is 591. The zero-order valence-corrected chi connectivity index (χ0v) is 9.19. The lowest BCUT2D eigenvalue weighted by Gasteiger charge is -2.18. The molecule has 0 saturated carbocycles. The van der Waals surface area contributed by atoms with E-state index in [1.165, 1.54) is 0 Å². The highest BCUT2D eigenvalue weighted by Crippen LogP contribution is 2.22. The molecule has 7 nitrogen and oxygen atoms in total. The van der Waals surface area contributed by atoms with Crippen molar-refractivity contribution in [3.8, 4) is 12.1 Å². The van der Waals surface area contributed by atoms with Crippen LogP contribution >= 0.6 is 0 Å². The van der Waals surface area contributed by atoms with Crippen LogP contribution in [0.15, 0.2) is 23.3 Å². The Kier molecular flexibility index (Phi) is 3.08. The average molecular weight is 240 g/mol. The molecule has 0 fully saturated rings. The lowest BCUT2D eigenvalue weighted by atomic mass is 10.1. The van der Waals surface area contributed by atoms with Crippen molar-refractivity contribution < 1.29 is 4.79 Å². The molecule has 1 aliphatic heterocycles. The fourth-order valence-electron chi connectivity index (χ4n) is 1.47. The molecule has 0 bridgehead atoms. The van der Waals surface area contributed by atoms with Gasteiger partial charge in [-0.25, -0.2) is 4.79 Å². The number of carbonyl (C=O) groups excluding carboxylic acids is 1. The molecule has 1 heterocycles. The second-order valence-electron chi connectivity index (χ2n) is 3.48. The first kappa shape index (κ1) is 11.4. The Morgan fingerprint density at radius 1 is 1.39 bits per heavy atom. The number of nitriles is 2. The third kappa shape index (κ3) is 2.36. The maximum absolute atomic E-state index is 11.1. The van der Waals surface area contributed by atoms with Crippen molar-refractivity contribution in [2.45, 2.75) is 6.54 Å². The summed E-state index contributed by atoms with van der Waals surface area (Å²) in [6.07, 6.45) is 0. The van der Waals surface area contributed by atoms with Crippen LogP contribution in [0.5, 0.6) is 0 Å². The van der Waals surface area contributed by atoms with Gasteiger partial charge in [0, 0.05) is 12.2 Å². The van der Waals surface area contributed by atoms with Crippen LogP contribution in [-0.4, -0.2) is 11.7 Å². The predicted molar refractivity (Wildman–Crippen MR) is 64.6 cm³/mol. The number of rotatable bonds is 2. The number of hydrazone groups is 1. The van der Waals surface area contributed by atoms with Gasteiger partial charge in [0.1, 0.15) is 12.1 Å². The van der Waals surface area contributed by atoms with Crippen LogP contribution in [0, 0.1) is 22.7 Å². The number of hydrogen-bond acceptors (Lipinski definition) is 5. The molecule has 1 aromatic carbocycles. The minimum absolute atomic E-state index is 0.238. The Morgan fingerprint density at radius 3 is 2.89 bits per heavy atom. The third-order valence-corrected chi connectivity index (χ3v) is 2.30. The van der Waals surface area contributed by atoms with Crippen molar-refractivity contribution >= 4 is 23.1 Å². The summed E-state index contributed by atoms with van der Waals surface area (Å²) in [6, 6.07) is 8.25. The van der Waals surface area contributed by atoms with Gasteiger partial charge in [-0.1, -0.05) is 0 Å². The summed E-state index contributed by atoms with van der Waals surface area (Å²) in [7, 11) is 0. The first-order valence-electron chi connectivity index (χ1n) is 5.04. The lowest BCUT2D eigenvalue weighted by molar-refractivity contribution is 0.251. The maximum Gasteiger partial charge on any atom is 0.319 e. The summed E-state index contributed by atoms with van der Waals surface area (Å²) in [5.74, 6) is 0. The molecule has 2 rings (SSSR count). The van der Waals surface area contributed by atoms with Gasteiger partial charge in [-0.15, -0.1) is 0 Å². The van der Waals surface area contributed by atoms with E-state index in [1.54, 1.807) is 30.3 Å². The second kappa shape index (κ2) is 4.85. The van der Waals surface area contributed by atoms with Gasteiger partial charge in [0.15, 0.2) is 0 Å². The van der Waals surface area contributed by atoms with E-state index in [1.807, 2.05) is 0 Å². The SMILES string of the molecule is N#CC(C#N)=NNc1ccc2c(c1)CNC(=O)N2. The fraction of sp³-hybridized carbons (Fsp3) is 0.0909. The Hall–Kier alpha value is -3.06. The topological polar surface area (TPSA) is 113 Å². The van der Waals surface area contributed by atoms with Crippen molar-refractivity contribution in [2.24, 2.45) is 5.10 Å². The summed E-state index contributed by atoms with van der Waals surface area (Å²) in [5.41, 5.74) is 4.62. The lowest BCUT2D eigenvalue weighted by Crippen LogP contribution is -2.33. The number of anilines is 2. The average Bonchev–Trinajstić information content (AvgIpc) is 2.40. The summed E-state index contributed by atoms with van der Waals surface area (Å²) in [4.78, 5) is 11.1. The fourth-order valence-corrected chi connectivity index (χ4v) is 1.47. The van der Waals surface area contributed by atoms with Gasteiger partial charge in [0.25, 0.3) is 0 Å². The second-order valence-corrected chi connectivity index (χ2v) is 3.48. The van der Waals surface area contributed by atoms with Crippen molar-refractivity contribution in [3.63, 3.8) is 0 Å². The molecular weight excluding hydrogens is 232 g/mol. The van der Waals surface area contributed by atoms with Gasteiger partial charge >= 0.3 is 6.03 Å². The van der Waals surface area contributed by atoms with E-state index in [9.17, 15) is 4.79 Å². The molecule has 88 valence electrons. The number of amides is 2. The van der Waals surface area contributed by atoms with E-state index in [0.29, 0.717) is 12.2 Å². The van der Waals surface area contributed by atoms with Gasteiger partial charge < -0.3 is 10.6 Å². The Morgan fingerprint density at radius 2 is 2.17 bits per heavy atom. The first-order valence-corrected chi connectivity index (χ1v) is 5.04. The summed E-state index contributed by atoms with van der Waals surface area (Å²) >= 11 is 0. The van der Waals surface area contributed by atoms with Gasteiger partial charge in [-0.3, -0.25) is 5.43 Å². The van der Waals surface area contributed by atoms with Crippen molar-refractivity contribution in [1.29, 1.82) is 10.5 Å². The number of nitrogens with one attached hydrogen (secondary N) is 3. The number of benzene rings is 1. The zero-order chi connectivity index (χ0) is 13.0. The predicted octanol–water partition coefficient (Wildman–Crippen LogP) is 1.14. The third-order valence-electron chi connectivity index (χ3n) is 2.30. The normalized spacial score (nSPS) is 12.0. The largest absolute Gasteiger partial charge is 0.334 e. The number of fused-ring (bicyclic) bond motifs is 1. The van der Waals surface area contributed by atoms with E-state index < -0.39 is 0 Å². The minimum atomic E-state index is -0.251. The van der Waals surface area contributed by atoms with E-state index in [0.717, 1.165) is 11.3 Å². The standard InChI is InChI=1S/C11H8N6O/c12-4-9(5-13)17-16-8-1-2-10-7(3-8)6-14-11(18)15-10/h1-3,16H,6H2,(H2,14,15,18). The Labute approximate surface area is 103 Å². The van der Waals surface area contributed by atoms with E-state index in [2.05, 4.69) is 21.2 Å². The molecule has 0 atom stereocenters. The van der Waals surface area contributed by atoms with Crippen molar-refractivity contribution in [1.82, 2.24) is 5.32 Å². The van der Waals surface area contributed by atoms with Crippen LogP contribution in [-0.2, 0) is 6.54 Å². The molecule has 3 N–H and O–H groups in total. The Balaban J connectivity index is 2.18. The monoisotopic (exact) mass is 240 g/mol. The summed E-state index contributed by atoms with van der Waals surface area (Å²) in [5, 5.41) is 26.0. The molecule has 0 aromatic heterocycles. The van der Waals surface area contributed by atoms with E-state index in [-0.39, 0.29) is 11.7 Å². The number of nitrogens with zero attached hydrogens (tertiary/aromatic N) is 3. The smallest absolute Gasteiger partial charge is 0.319 e. The van der Waals surface area contributed by atoms with Crippen molar-refractivity contribution in [2.75, 3.05) is 10.7 Å². The van der Waals surface area contributed by atoms with Crippen LogP contribution in [0.1, 0.15) is 5.56 Å². The molecule has 0 spiro atoms. The van der Waals surface area contributed by atoms with Crippen LogP contribution in [0.4, 0.5) is 16.2 Å².